The molecule has 2 heteroatoms. The van der Waals surface area contributed by atoms with Gasteiger partial charge in [0.15, 0.2) is 0 Å². The van der Waals surface area contributed by atoms with Crippen molar-refractivity contribution in [3.05, 3.63) is 0 Å². The van der Waals surface area contributed by atoms with E-state index in [0.29, 0.717) is 22.5 Å². The summed E-state index contributed by atoms with van der Waals surface area (Å²) in [5.41, 5.74) is 1.18. The second-order valence-electron chi connectivity index (χ2n) is 10.3. The molecule has 0 bridgehead atoms. The van der Waals surface area contributed by atoms with E-state index in [9.17, 15) is 4.79 Å². The third kappa shape index (κ3) is 3.40. The highest BCUT2D eigenvalue weighted by Crippen LogP contribution is 2.73. The Morgan fingerprint density at radius 2 is 1.57 bits per heavy atom. The van der Waals surface area contributed by atoms with Crippen molar-refractivity contribution in [3.8, 4) is 0 Å². The van der Waals surface area contributed by atoms with Crippen molar-refractivity contribution in [1.29, 1.82) is 0 Å². The summed E-state index contributed by atoms with van der Waals surface area (Å²) in [5.74, 6) is 4.06. The van der Waals surface area contributed by atoms with Gasteiger partial charge in [0.1, 0.15) is 5.78 Å². The van der Waals surface area contributed by atoms with Crippen molar-refractivity contribution in [2.24, 2.45) is 39.9 Å². The molecule has 0 aromatic carbocycles. The number of hydrogen-bond acceptors (Lipinski definition) is 2. The lowest BCUT2D eigenvalue weighted by molar-refractivity contribution is -0.161. The lowest BCUT2D eigenvalue weighted by Crippen LogP contribution is -2.57. The molecule has 4 saturated carbocycles. The van der Waals surface area contributed by atoms with Crippen molar-refractivity contribution < 1.29 is 9.90 Å². The smallest absolute Gasteiger partial charge is 0.139 e. The first-order chi connectivity index (χ1) is 13.4. The van der Waals surface area contributed by atoms with Gasteiger partial charge in [-0.05, 0) is 85.9 Å². The van der Waals surface area contributed by atoms with Gasteiger partial charge in [-0.1, -0.05) is 54.4 Å². The van der Waals surface area contributed by atoms with Crippen molar-refractivity contribution >= 4 is 5.78 Å². The maximum atomic E-state index is 12.6. The molecule has 4 aliphatic carbocycles. The monoisotopic (exact) mass is 392 g/mol. The molecule has 4 fully saturated rings. The van der Waals surface area contributed by atoms with Crippen LogP contribution in [0.15, 0.2) is 0 Å². The third-order valence-corrected chi connectivity index (χ3v) is 9.71. The molecule has 0 aliphatic heterocycles. The molecular formula is C26H48O2. The Balaban J connectivity index is 0.000000660. The molecule has 4 rings (SSSR count). The number of hydrogen-bond donors (Lipinski definition) is 1. The Morgan fingerprint density at radius 1 is 0.929 bits per heavy atom. The zero-order chi connectivity index (χ0) is 21.2. The standard InChI is InChI=1S/C23H38O.C2H6.CH4O/c1-5-13-23(16-7-8-16)19-12-15-22(4)18(9-10-20(22)24)17(19)11-14-21(23,3)6-2;2*1-2/h16-19H,5-15H2,1-4H3;1-2H3;2H,1H3. The number of aliphatic hydroxyl groups excluding tert-OH is 1. The first-order valence-corrected chi connectivity index (χ1v) is 12.4. The quantitative estimate of drug-likeness (QED) is 0.557. The minimum Gasteiger partial charge on any atom is -0.400 e. The Morgan fingerprint density at radius 3 is 2.11 bits per heavy atom. The van der Waals surface area contributed by atoms with Crippen LogP contribution in [-0.2, 0) is 4.79 Å². The van der Waals surface area contributed by atoms with Gasteiger partial charge in [0.25, 0.3) is 0 Å². The van der Waals surface area contributed by atoms with Gasteiger partial charge in [-0.25, -0.2) is 0 Å². The number of Topliss-reactive ketones (excluding diaryl/α,β-unsaturated/α-hetero) is 1. The van der Waals surface area contributed by atoms with E-state index in [-0.39, 0.29) is 5.41 Å². The molecule has 0 aromatic heterocycles. The molecule has 0 aromatic rings. The lowest BCUT2D eigenvalue weighted by Gasteiger charge is -2.64. The zero-order valence-electron chi connectivity index (χ0n) is 19.9. The normalized spacial score (nSPS) is 44.4. The predicted molar refractivity (Wildman–Crippen MR) is 119 cm³/mol. The highest BCUT2D eigenvalue weighted by Gasteiger charge is 2.66. The Bertz CT molecular complexity index is 525. The van der Waals surface area contributed by atoms with Crippen LogP contribution in [0.5, 0.6) is 0 Å². The number of carbonyl (C=O) groups is 1. The second-order valence-corrected chi connectivity index (χ2v) is 10.3. The Kier molecular flexibility index (Phi) is 7.85. The minimum atomic E-state index is 0.0443. The summed E-state index contributed by atoms with van der Waals surface area (Å²) in [6.07, 6.45) is 14.5. The molecule has 0 amide bonds. The molecule has 0 spiro atoms. The molecule has 2 nitrogen and oxygen atoms in total. The molecule has 1 N–H and O–H groups in total. The van der Waals surface area contributed by atoms with Crippen LogP contribution in [0.3, 0.4) is 0 Å². The fourth-order valence-electron chi connectivity index (χ4n) is 8.27. The second kappa shape index (κ2) is 9.19. The van der Waals surface area contributed by atoms with Crippen LogP contribution < -0.4 is 0 Å². The van der Waals surface area contributed by atoms with Gasteiger partial charge in [0.05, 0.1) is 0 Å². The molecular weight excluding hydrogens is 344 g/mol. The van der Waals surface area contributed by atoms with Crippen LogP contribution in [0.1, 0.15) is 112 Å². The van der Waals surface area contributed by atoms with Crippen LogP contribution in [-0.4, -0.2) is 18.0 Å². The van der Waals surface area contributed by atoms with Crippen molar-refractivity contribution in [2.75, 3.05) is 7.11 Å². The molecule has 4 aliphatic rings. The van der Waals surface area contributed by atoms with Crippen LogP contribution in [0, 0.1) is 39.9 Å². The molecule has 0 saturated heterocycles. The van der Waals surface area contributed by atoms with Gasteiger partial charge in [0.2, 0.25) is 0 Å². The van der Waals surface area contributed by atoms with E-state index in [1.165, 1.54) is 64.2 Å². The maximum absolute atomic E-state index is 12.6. The fraction of sp³-hybridized carbons (Fsp3) is 0.962. The average Bonchev–Trinajstić information content (AvgIpc) is 3.53. The minimum absolute atomic E-state index is 0.0443. The maximum Gasteiger partial charge on any atom is 0.139 e. The van der Waals surface area contributed by atoms with E-state index in [1.807, 2.05) is 13.8 Å². The van der Waals surface area contributed by atoms with E-state index in [1.54, 1.807) is 0 Å². The first kappa shape index (κ1) is 23.9. The summed E-state index contributed by atoms with van der Waals surface area (Å²) in [5, 5.41) is 7.00. The zero-order valence-corrected chi connectivity index (χ0v) is 19.9. The van der Waals surface area contributed by atoms with E-state index >= 15 is 0 Å². The SMILES string of the molecule is CC.CCCC1(C2CC2)C2CCC3(C)C(=O)CCC3C2CCC1(C)CC.CO. The molecule has 6 atom stereocenters. The van der Waals surface area contributed by atoms with Crippen molar-refractivity contribution in [2.45, 2.75) is 112 Å². The molecule has 6 unspecified atom stereocenters. The van der Waals surface area contributed by atoms with Crippen LogP contribution in [0.25, 0.3) is 0 Å². The number of carbonyl (C=O) groups excluding carboxylic acids is 1. The van der Waals surface area contributed by atoms with Gasteiger partial charge < -0.3 is 5.11 Å². The number of rotatable bonds is 4. The average molecular weight is 393 g/mol. The predicted octanol–water partition coefficient (Wildman–Crippen LogP) is 7.04. The lowest BCUT2D eigenvalue weighted by atomic mass is 9.40. The summed E-state index contributed by atoms with van der Waals surface area (Å²) in [6.45, 7) is 13.8. The summed E-state index contributed by atoms with van der Waals surface area (Å²) in [4.78, 5) is 12.6. The summed E-state index contributed by atoms with van der Waals surface area (Å²) in [7, 11) is 1.00. The summed E-state index contributed by atoms with van der Waals surface area (Å²) >= 11 is 0. The third-order valence-electron chi connectivity index (χ3n) is 9.71. The van der Waals surface area contributed by atoms with Gasteiger partial charge in [-0.2, -0.15) is 0 Å². The number of aliphatic hydroxyl groups is 1. The highest BCUT2D eigenvalue weighted by molar-refractivity contribution is 5.87. The van der Waals surface area contributed by atoms with Crippen molar-refractivity contribution in [1.82, 2.24) is 0 Å². The Hall–Kier alpha value is -0.370. The number of ketones is 1. The fourth-order valence-corrected chi connectivity index (χ4v) is 8.27. The van der Waals surface area contributed by atoms with Crippen LogP contribution >= 0.6 is 0 Å². The summed E-state index contributed by atoms with van der Waals surface area (Å²) < 4.78 is 0. The van der Waals surface area contributed by atoms with Gasteiger partial charge in [0, 0.05) is 18.9 Å². The van der Waals surface area contributed by atoms with Gasteiger partial charge in [-0.3, -0.25) is 4.79 Å². The summed E-state index contributed by atoms with van der Waals surface area (Å²) in [6, 6.07) is 0. The number of fused-ring (bicyclic) bond motifs is 3. The molecule has 28 heavy (non-hydrogen) atoms. The van der Waals surface area contributed by atoms with Crippen LogP contribution in [0.4, 0.5) is 0 Å². The van der Waals surface area contributed by atoms with E-state index in [4.69, 9.17) is 5.11 Å². The van der Waals surface area contributed by atoms with E-state index in [2.05, 4.69) is 27.7 Å². The molecule has 0 radical (unpaired) electrons. The van der Waals surface area contributed by atoms with Crippen molar-refractivity contribution in [3.63, 3.8) is 0 Å². The first-order valence-electron chi connectivity index (χ1n) is 12.4. The van der Waals surface area contributed by atoms with E-state index < -0.39 is 0 Å². The van der Waals surface area contributed by atoms with E-state index in [0.717, 1.165) is 31.3 Å². The largest absolute Gasteiger partial charge is 0.400 e. The Labute approximate surface area is 175 Å². The van der Waals surface area contributed by atoms with Gasteiger partial charge in [-0.15, -0.1) is 0 Å². The highest BCUT2D eigenvalue weighted by atomic mass is 16.2. The van der Waals surface area contributed by atoms with Gasteiger partial charge >= 0.3 is 0 Å². The molecule has 164 valence electrons. The topological polar surface area (TPSA) is 37.3 Å². The molecule has 0 heterocycles. The van der Waals surface area contributed by atoms with Crippen LogP contribution in [0.2, 0.25) is 0 Å².